The van der Waals surface area contributed by atoms with E-state index < -0.39 is 12.1 Å². The number of amides is 1. The second-order valence-electron chi connectivity index (χ2n) is 6.68. The van der Waals surface area contributed by atoms with Crippen LogP contribution in [-0.4, -0.2) is 38.5 Å². The number of ether oxygens (including phenoxy) is 1. The average Bonchev–Trinajstić information content (AvgIpc) is 3.20. The zero-order valence-electron chi connectivity index (χ0n) is 17.2. The van der Waals surface area contributed by atoms with Gasteiger partial charge in [-0.3, -0.25) is 9.59 Å². The van der Waals surface area contributed by atoms with Crippen molar-refractivity contribution in [1.82, 2.24) is 20.1 Å². The van der Waals surface area contributed by atoms with Gasteiger partial charge < -0.3 is 14.6 Å². The summed E-state index contributed by atoms with van der Waals surface area (Å²) in [6.07, 6.45) is -0.884. The number of hydrogen-bond acceptors (Lipinski definition) is 6. The molecule has 1 heterocycles. The van der Waals surface area contributed by atoms with E-state index in [0.29, 0.717) is 29.1 Å². The molecule has 31 heavy (non-hydrogen) atoms. The molecule has 0 fully saturated rings. The van der Waals surface area contributed by atoms with Crippen LogP contribution < -0.4 is 5.32 Å². The minimum Gasteiger partial charge on any atom is -0.452 e. The van der Waals surface area contributed by atoms with Gasteiger partial charge in [0, 0.05) is 23.7 Å². The van der Waals surface area contributed by atoms with Crippen molar-refractivity contribution in [3.63, 3.8) is 0 Å². The first-order chi connectivity index (χ1) is 15.0. The van der Waals surface area contributed by atoms with Crippen molar-refractivity contribution in [2.24, 2.45) is 0 Å². The van der Waals surface area contributed by atoms with Gasteiger partial charge >= 0.3 is 5.97 Å². The normalized spacial score (nSPS) is 11.7. The lowest BCUT2D eigenvalue weighted by Gasteiger charge is -2.13. The number of nitrogens with zero attached hydrogens (tertiary/aromatic N) is 3. The summed E-state index contributed by atoms with van der Waals surface area (Å²) in [6.45, 7) is 4.55. The fourth-order valence-electron chi connectivity index (χ4n) is 2.83. The molecule has 9 heteroatoms. The van der Waals surface area contributed by atoms with Gasteiger partial charge in [0.05, 0.1) is 5.75 Å². The van der Waals surface area contributed by atoms with E-state index >= 15 is 0 Å². The minimum atomic E-state index is -0.884. The van der Waals surface area contributed by atoms with E-state index in [1.165, 1.54) is 11.8 Å². The maximum atomic E-state index is 12.2. The molecule has 162 valence electrons. The Labute approximate surface area is 190 Å². The van der Waals surface area contributed by atoms with Crippen LogP contribution in [0.25, 0.3) is 11.4 Å². The summed E-state index contributed by atoms with van der Waals surface area (Å²) in [5, 5.41) is 12.4. The number of rotatable bonds is 9. The molecule has 1 atom stereocenters. The molecule has 0 spiro atoms. The van der Waals surface area contributed by atoms with Gasteiger partial charge in [0.1, 0.15) is 0 Å². The number of aromatic nitrogens is 3. The zero-order valence-corrected chi connectivity index (χ0v) is 18.8. The van der Waals surface area contributed by atoms with Crippen LogP contribution in [0.15, 0.2) is 59.8 Å². The van der Waals surface area contributed by atoms with E-state index in [2.05, 4.69) is 15.5 Å². The first-order valence-corrected chi connectivity index (χ1v) is 11.2. The molecule has 3 rings (SSSR count). The number of nitrogens with one attached hydrogen (secondary N) is 1. The molecular weight excluding hydrogens is 436 g/mol. The molecule has 1 unspecified atom stereocenters. The molecule has 0 aliphatic rings. The van der Waals surface area contributed by atoms with Crippen molar-refractivity contribution in [1.29, 1.82) is 0 Å². The van der Waals surface area contributed by atoms with Crippen LogP contribution in [0.2, 0.25) is 5.02 Å². The molecule has 2 aromatic carbocycles. The monoisotopic (exact) mass is 458 g/mol. The van der Waals surface area contributed by atoms with Gasteiger partial charge in [0.25, 0.3) is 5.91 Å². The molecule has 0 bridgehead atoms. The average molecular weight is 459 g/mol. The Morgan fingerprint density at radius 2 is 1.84 bits per heavy atom. The van der Waals surface area contributed by atoms with E-state index in [0.717, 1.165) is 11.1 Å². The third kappa shape index (κ3) is 6.32. The second kappa shape index (κ2) is 11.0. The van der Waals surface area contributed by atoms with Gasteiger partial charge in [-0.15, -0.1) is 10.2 Å². The molecule has 3 aromatic rings. The summed E-state index contributed by atoms with van der Waals surface area (Å²) < 4.78 is 7.17. The second-order valence-corrected chi connectivity index (χ2v) is 8.06. The van der Waals surface area contributed by atoms with Gasteiger partial charge in [0.15, 0.2) is 17.1 Å². The largest absolute Gasteiger partial charge is 0.452 e. The number of hydrogen-bond donors (Lipinski definition) is 1. The predicted octanol–water partition coefficient (Wildman–Crippen LogP) is 3.96. The van der Waals surface area contributed by atoms with Crippen molar-refractivity contribution < 1.29 is 14.3 Å². The highest BCUT2D eigenvalue weighted by molar-refractivity contribution is 7.99. The van der Waals surface area contributed by atoms with E-state index in [-0.39, 0.29) is 11.7 Å². The quantitative estimate of drug-likeness (QED) is 0.386. The first-order valence-electron chi connectivity index (χ1n) is 9.81. The number of halogens is 1. The lowest BCUT2D eigenvalue weighted by Crippen LogP contribution is -2.35. The number of esters is 1. The molecular formula is C22H23ClN4O3S. The van der Waals surface area contributed by atoms with Gasteiger partial charge in [-0.1, -0.05) is 53.7 Å². The van der Waals surface area contributed by atoms with E-state index in [1.54, 1.807) is 19.1 Å². The van der Waals surface area contributed by atoms with Crippen molar-refractivity contribution in [3.8, 4) is 11.4 Å². The number of benzene rings is 2. The van der Waals surface area contributed by atoms with E-state index in [1.807, 2.05) is 54.0 Å². The molecule has 0 saturated heterocycles. The van der Waals surface area contributed by atoms with Crippen molar-refractivity contribution in [2.75, 3.05) is 5.75 Å². The topological polar surface area (TPSA) is 86.1 Å². The number of carbonyl (C=O) groups is 2. The number of carbonyl (C=O) groups excluding carboxylic acids is 2. The van der Waals surface area contributed by atoms with Crippen LogP contribution >= 0.6 is 23.4 Å². The maximum absolute atomic E-state index is 12.2. The lowest BCUT2D eigenvalue weighted by molar-refractivity contribution is -0.152. The zero-order chi connectivity index (χ0) is 22.2. The fourth-order valence-corrected chi connectivity index (χ4v) is 3.74. The van der Waals surface area contributed by atoms with Gasteiger partial charge in [0.2, 0.25) is 0 Å². The van der Waals surface area contributed by atoms with Crippen LogP contribution in [0.5, 0.6) is 0 Å². The molecule has 0 aliphatic carbocycles. The smallest absolute Gasteiger partial charge is 0.317 e. The van der Waals surface area contributed by atoms with Gasteiger partial charge in [-0.25, -0.2) is 0 Å². The van der Waals surface area contributed by atoms with Gasteiger partial charge in [-0.2, -0.15) is 0 Å². The third-order valence-electron chi connectivity index (χ3n) is 4.44. The third-order valence-corrected chi connectivity index (χ3v) is 5.63. The van der Waals surface area contributed by atoms with Crippen molar-refractivity contribution in [3.05, 3.63) is 65.2 Å². The summed E-state index contributed by atoms with van der Waals surface area (Å²) in [6, 6.07) is 16.9. The van der Waals surface area contributed by atoms with Gasteiger partial charge in [-0.05, 0) is 43.7 Å². The SMILES string of the molecule is CCn1c(SCC(=O)OC(C)C(=O)NCc2ccccc2)nnc1-c1ccc(Cl)cc1. The summed E-state index contributed by atoms with van der Waals surface area (Å²) in [5.74, 6) is -0.117. The van der Waals surface area contributed by atoms with E-state index in [4.69, 9.17) is 16.3 Å². The Balaban J connectivity index is 1.52. The fraction of sp³-hybridized carbons (Fsp3) is 0.273. The highest BCUT2D eigenvalue weighted by atomic mass is 35.5. The molecule has 0 saturated carbocycles. The van der Waals surface area contributed by atoms with Crippen molar-refractivity contribution in [2.45, 2.75) is 38.2 Å². The highest BCUT2D eigenvalue weighted by Crippen LogP contribution is 2.25. The Morgan fingerprint density at radius 1 is 1.13 bits per heavy atom. The van der Waals surface area contributed by atoms with E-state index in [9.17, 15) is 9.59 Å². The highest BCUT2D eigenvalue weighted by Gasteiger charge is 2.19. The van der Waals surface area contributed by atoms with Crippen LogP contribution in [0, 0.1) is 0 Å². The molecule has 0 aliphatic heterocycles. The standard InChI is InChI=1S/C22H23ClN4O3S/c1-3-27-20(17-9-11-18(23)12-10-17)25-26-22(27)31-14-19(28)30-15(2)21(29)24-13-16-7-5-4-6-8-16/h4-12,15H,3,13-14H2,1-2H3,(H,24,29). The Bertz CT molecular complexity index is 1020. The Hall–Kier alpha value is -2.84. The van der Waals surface area contributed by atoms with Crippen molar-refractivity contribution >= 4 is 35.2 Å². The predicted molar refractivity (Wildman–Crippen MR) is 121 cm³/mol. The molecule has 1 amide bonds. The number of thioether (sulfide) groups is 1. The minimum absolute atomic E-state index is 0.0229. The molecule has 7 nitrogen and oxygen atoms in total. The molecule has 1 aromatic heterocycles. The summed E-state index contributed by atoms with van der Waals surface area (Å²) in [7, 11) is 0. The molecule has 1 N–H and O–H groups in total. The summed E-state index contributed by atoms with van der Waals surface area (Å²) in [4.78, 5) is 24.4. The van der Waals surface area contributed by atoms with Crippen LogP contribution in [-0.2, 0) is 27.4 Å². The van der Waals surface area contributed by atoms with Crippen LogP contribution in [0.4, 0.5) is 0 Å². The lowest BCUT2D eigenvalue weighted by atomic mass is 10.2. The maximum Gasteiger partial charge on any atom is 0.317 e. The molecule has 0 radical (unpaired) electrons. The summed E-state index contributed by atoms with van der Waals surface area (Å²) >= 11 is 7.17. The van der Waals surface area contributed by atoms with Crippen LogP contribution in [0.1, 0.15) is 19.4 Å². The van der Waals surface area contributed by atoms with Crippen LogP contribution in [0.3, 0.4) is 0 Å². The Kier molecular flexibility index (Phi) is 8.08. The Morgan fingerprint density at radius 3 is 2.52 bits per heavy atom. The summed E-state index contributed by atoms with van der Waals surface area (Å²) in [5.41, 5.74) is 1.86. The first kappa shape index (κ1) is 22.8.